The first-order chi connectivity index (χ1) is 12.2. The molecule has 0 radical (unpaired) electrons. The van der Waals surface area contributed by atoms with Gasteiger partial charge in [0.15, 0.2) is 0 Å². The number of hydrogen-bond acceptors (Lipinski definition) is 5. The van der Waals surface area contributed by atoms with E-state index in [2.05, 4.69) is 9.98 Å². The Kier molecular flexibility index (Phi) is 5.54. The van der Waals surface area contributed by atoms with Crippen LogP contribution in [0.3, 0.4) is 0 Å². The molecule has 0 bridgehead atoms. The monoisotopic (exact) mass is 422 g/mol. The molecule has 2 heterocycles. The van der Waals surface area contributed by atoms with E-state index in [1.54, 1.807) is 0 Å². The van der Waals surface area contributed by atoms with Gasteiger partial charge < -0.3 is 4.98 Å². The van der Waals surface area contributed by atoms with Crippen LogP contribution in [0.2, 0.25) is 6.32 Å². The van der Waals surface area contributed by atoms with Crippen LogP contribution in [-0.4, -0.2) is 43.9 Å². The van der Waals surface area contributed by atoms with Gasteiger partial charge in [-0.3, -0.25) is 22.7 Å². The first-order valence-electron chi connectivity index (χ1n) is 7.59. The number of rotatable bonds is 5. The summed E-state index contributed by atoms with van der Waals surface area (Å²) in [5.41, 5.74) is -0.323. The highest BCUT2D eigenvalue weighted by Crippen LogP contribution is 2.39. The molecule has 13 heteroatoms. The van der Waals surface area contributed by atoms with Crippen LogP contribution in [0, 0.1) is 13.8 Å². The summed E-state index contributed by atoms with van der Waals surface area (Å²) in [7, 11) is -12.1. The van der Waals surface area contributed by atoms with Gasteiger partial charge in [-0.2, -0.15) is 16.8 Å². The van der Waals surface area contributed by atoms with E-state index in [0.717, 1.165) is 0 Å². The van der Waals surface area contributed by atoms with Gasteiger partial charge in [-0.1, -0.05) is 0 Å². The van der Waals surface area contributed by atoms with Crippen LogP contribution in [0.25, 0.3) is 5.57 Å². The second kappa shape index (κ2) is 6.97. The number of aliphatic imine (C=N–C) groups is 1. The van der Waals surface area contributed by atoms with Gasteiger partial charge in [0.2, 0.25) is 0 Å². The van der Waals surface area contributed by atoms with E-state index in [-0.39, 0.29) is 39.5 Å². The van der Waals surface area contributed by atoms with E-state index >= 15 is 0 Å². The zero-order valence-corrected chi connectivity index (χ0v) is 16.5. The number of allylic oxidation sites excluding steroid dienone is 3. The van der Waals surface area contributed by atoms with Crippen molar-refractivity contribution >= 4 is 38.8 Å². The lowest BCUT2D eigenvalue weighted by atomic mass is 9.83. The van der Waals surface area contributed by atoms with E-state index in [9.17, 15) is 34.6 Å². The van der Waals surface area contributed by atoms with Crippen molar-refractivity contribution in [2.45, 2.75) is 38.9 Å². The lowest BCUT2D eigenvalue weighted by molar-refractivity contribution is 0.481. The summed E-state index contributed by atoms with van der Waals surface area (Å²) in [5.74, 6) is 0. The second-order valence-electron chi connectivity index (χ2n) is 6.10. The van der Waals surface area contributed by atoms with E-state index in [1.807, 2.05) is 0 Å². The van der Waals surface area contributed by atoms with E-state index in [1.165, 1.54) is 27.7 Å². The molecule has 1 aromatic heterocycles. The van der Waals surface area contributed by atoms with Gasteiger partial charge >= 0.3 is 7.27 Å². The fourth-order valence-corrected chi connectivity index (χ4v) is 5.08. The molecule has 1 aliphatic rings. The highest BCUT2D eigenvalue weighted by Gasteiger charge is 2.33. The van der Waals surface area contributed by atoms with Crippen LogP contribution < -0.4 is 0 Å². The average molecular weight is 422 g/mol. The smallest absolute Gasteiger partial charge is 0.357 e. The topological polar surface area (TPSA) is 137 Å². The van der Waals surface area contributed by atoms with Crippen LogP contribution in [0.1, 0.15) is 30.8 Å². The molecule has 0 spiro atoms. The molecule has 0 aromatic carbocycles. The lowest BCUT2D eigenvalue weighted by Gasteiger charge is -2.10. The number of aryl methyl sites for hydroxylation is 1. The fourth-order valence-electron chi connectivity index (χ4n) is 3.25. The van der Waals surface area contributed by atoms with Gasteiger partial charge in [-0.25, -0.2) is 0 Å². The maximum absolute atomic E-state index is 13.2. The number of aromatic amines is 1. The van der Waals surface area contributed by atoms with Gasteiger partial charge in [0.05, 0.1) is 11.4 Å². The molecule has 3 N–H and O–H groups in total. The fraction of sp³-hybridized carbons (Fsp3) is 0.357. The summed E-state index contributed by atoms with van der Waals surface area (Å²) in [6.07, 6.45) is -0.853. The number of hydrogen-bond donors (Lipinski definition) is 3. The summed E-state index contributed by atoms with van der Waals surface area (Å²) in [4.78, 5) is 5.73. The molecule has 0 aliphatic carbocycles. The van der Waals surface area contributed by atoms with Gasteiger partial charge in [-0.05, 0) is 38.8 Å². The Hall–Kier alpha value is -1.83. The van der Waals surface area contributed by atoms with E-state index in [4.69, 9.17) is 0 Å². The molecule has 0 saturated carbocycles. The zero-order valence-electron chi connectivity index (χ0n) is 14.8. The minimum Gasteiger partial charge on any atom is -0.357 e. The number of halogens is 2. The average Bonchev–Trinajstić information content (AvgIpc) is 2.91. The number of H-pyrrole nitrogens is 1. The molecular weight excluding hydrogens is 405 g/mol. The van der Waals surface area contributed by atoms with Crippen LogP contribution in [0.4, 0.5) is 8.63 Å². The van der Waals surface area contributed by atoms with E-state index in [0.29, 0.717) is 0 Å². The third-order valence-corrected chi connectivity index (χ3v) is 6.38. The van der Waals surface area contributed by atoms with Gasteiger partial charge in [0.25, 0.3) is 20.2 Å². The Bertz CT molecular complexity index is 1110. The van der Waals surface area contributed by atoms with Crippen molar-refractivity contribution in [3.05, 3.63) is 33.1 Å². The standard InChI is InChI=1S/C14H17BF2N2O6S2/c1-6-11(18-8(3)13(6)26(20,21)22)10(5-15(16)17)12-7(2)14(9(4)19-12)27(23,24)25/h18H,5H2,1-4H3,(H,20,21,22)(H,23,24,25)/b12-10+. The minimum absolute atomic E-state index is 0.000825. The Morgan fingerprint density at radius 3 is 2.00 bits per heavy atom. The molecule has 0 unspecified atom stereocenters. The third kappa shape index (κ3) is 4.05. The summed E-state index contributed by atoms with van der Waals surface area (Å²) < 4.78 is 91.4. The Morgan fingerprint density at radius 2 is 1.63 bits per heavy atom. The van der Waals surface area contributed by atoms with Crippen LogP contribution >= 0.6 is 0 Å². The van der Waals surface area contributed by atoms with Gasteiger partial charge in [0.1, 0.15) is 9.80 Å². The summed E-state index contributed by atoms with van der Waals surface area (Å²) in [6, 6.07) is 0. The first-order valence-corrected chi connectivity index (χ1v) is 10.5. The molecule has 148 valence electrons. The van der Waals surface area contributed by atoms with Crippen molar-refractivity contribution in [2.24, 2.45) is 4.99 Å². The molecular formula is C14H17BF2N2O6S2. The molecule has 2 rings (SSSR count). The first kappa shape index (κ1) is 21.5. The molecule has 0 amide bonds. The predicted molar refractivity (Wildman–Crippen MR) is 97.1 cm³/mol. The van der Waals surface area contributed by atoms with Gasteiger partial charge in [-0.15, -0.1) is 0 Å². The largest absolute Gasteiger partial charge is 0.542 e. The molecule has 0 saturated heterocycles. The van der Waals surface area contributed by atoms with Crippen molar-refractivity contribution in [2.75, 3.05) is 0 Å². The zero-order chi connectivity index (χ0) is 20.9. The van der Waals surface area contributed by atoms with Crippen molar-refractivity contribution in [1.82, 2.24) is 4.98 Å². The quantitative estimate of drug-likeness (QED) is 0.493. The third-order valence-electron chi connectivity index (χ3n) is 4.13. The molecule has 0 fully saturated rings. The van der Waals surface area contributed by atoms with E-state index < -0.39 is 43.6 Å². The number of aromatic nitrogens is 1. The predicted octanol–water partition coefficient (Wildman–Crippen LogP) is 2.65. The van der Waals surface area contributed by atoms with Crippen molar-refractivity contribution in [3.8, 4) is 0 Å². The van der Waals surface area contributed by atoms with Crippen molar-refractivity contribution in [1.29, 1.82) is 0 Å². The second-order valence-corrected chi connectivity index (χ2v) is 8.82. The highest BCUT2D eigenvalue weighted by atomic mass is 32.2. The van der Waals surface area contributed by atoms with Crippen molar-refractivity contribution < 1.29 is 34.6 Å². The summed E-state index contributed by atoms with van der Waals surface area (Å²) in [5, 5.41) is 0. The minimum atomic E-state index is -4.63. The van der Waals surface area contributed by atoms with Crippen LogP contribution in [0.5, 0.6) is 0 Å². The van der Waals surface area contributed by atoms with Crippen LogP contribution in [0.15, 0.2) is 26.1 Å². The Balaban J connectivity index is 2.89. The molecule has 8 nitrogen and oxygen atoms in total. The molecule has 0 atom stereocenters. The lowest BCUT2D eigenvalue weighted by Crippen LogP contribution is -2.08. The normalized spacial score (nSPS) is 17.4. The Labute approximate surface area is 155 Å². The maximum Gasteiger partial charge on any atom is 0.542 e. The molecule has 1 aromatic rings. The Morgan fingerprint density at radius 1 is 1.07 bits per heavy atom. The SMILES string of the molecule is CC1=N/C(=C(\CB(F)F)c2[nH]c(C)c(S(=O)(=O)O)c2C)C(C)=C1S(=O)(=O)O. The summed E-state index contributed by atoms with van der Waals surface area (Å²) >= 11 is 0. The van der Waals surface area contributed by atoms with Crippen molar-refractivity contribution in [3.63, 3.8) is 0 Å². The van der Waals surface area contributed by atoms with Crippen LogP contribution in [-0.2, 0) is 20.2 Å². The number of nitrogens with zero attached hydrogens (tertiary/aromatic N) is 1. The maximum atomic E-state index is 13.2. The highest BCUT2D eigenvalue weighted by molar-refractivity contribution is 7.91. The van der Waals surface area contributed by atoms with Gasteiger partial charge in [0, 0.05) is 23.3 Å². The molecule has 27 heavy (non-hydrogen) atoms. The number of nitrogens with one attached hydrogen (secondary N) is 1. The molecule has 1 aliphatic heterocycles. The summed E-state index contributed by atoms with van der Waals surface area (Å²) in [6.45, 7) is 5.27.